The van der Waals surface area contributed by atoms with Gasteiger partial charge in [0.05, 0.1) is 22.8 Å². The minimum Gasteiger partial charge on any atom is -0.493 e. The molecule has 7 nitrogen and oxygen atoms in total. The molecule has 10 heteroatoms. The molecule has 0 unspecified atom stereocenters. The van der Waals surface area contributed by atoms with E-state index in [1.54, 1.807) is 30.3 Å². The van der Waals surface area contributed by atoms with Crippen LogP contribution in [0, 0.1) is 19.7 Å². The fourth-order valence-electron chi connectivity index (χ4n) is 2.99. The molecule has 0 aliphatic carbocycles. The summed E-state index contributed by atoms with van der Waals surface area (Å²) in [6.45, 7) is 3.75. The number of aryl methyl sites for hydroxylation is 2. The third kappa shape index (κ3) is 6.80. The summed E-state index contributed by atoms with van der Waals surface area (Å²) in [5.41, 5.74) is 5.52. The van der Waals surface area contributed by atoms with Crippen LogP contribution in [0.5, 0.6) is 11.5 Å². The smallest absolute Gasteiger partial charge is 0.329 e. The topological polar surface area (TPSA) is 89.0 Å². The molecule has 35 heavy (non-hydrogen) atoms. The highest BCUT2D eigenvalue weighted by molar-refractivity contribution is 9.10. The van der Waals surface area contributed by atoms with Gasteiger partial charge in [0.15, 0.2) is 11.5 Å². The lowest BCUT2D eigenvalue weighted by Gasteiger charge is -2.14. The Kier molecular flexibility index (Phi) is 8.84. The van der Waals surface area contributed by atoms with Gasteiger partial charge in [0.2, 0.25) is 0 Å². The van der Waals surface area contributed by atoms with Crippen LogP contribution in [-0.4, -0.2) is 25.1 Å². The summed E-state index contributed by atoms with van der Waals surface area (Å²) < 4.78 is 25.6. The first kappa shape index (κ1) is 26.2. The fourth-order valence-corrected chi connectivity index (χ4v) is 3.78. The Hall–Kier alpha value is -3.43. The molecular formula is C25H22BrClFN3O4. The molecule has 182 valence electrons. The van der Waals surface area contributed by atoms with Crippen LogP contribution in [0.3, 0.4) is 0 Å². The Morgan fingerprint density at radius 3 is 2.57 bits per heavy atom. The summed E-state index contributed by atoms with van der Waals surface area (Å²) in [5.74, 6) is -1.58. The zero-order valence-corrected chi connectivity index (χ0v) is 21.5. The number of benzene rings is 3. The fraction of sp³-hybridized carbons (Fsp3) is 0.160. The highest BCUT2D eigenvalue weighted by Crippen LogP contribution is 2.37. The molecule has 0 aromatic heterocycles. The number of ether oxygens (including phenoxy) is 2. The number of hydrogen-bond acceptors (Lipinski definition) is 5. The summed E-state index contributed by atoms with van der Waals surface area (Å²) in [6, 6.07) is 13.0. The van der Waals surface area contributed by atoms with Gasteiger partial charge < -0.3 is 14.8 Å². The van der Waals surface area contributed by atoms with E-state index < -0.39 is 17.6 Å². The highest BCUT2D eigenvalue weighted by atomic mass is 79.9. The predicted octanol–water partition coefficient (Wildman–Crippen LogP) is 5.53. The first-order valence-corrected chi connectivity index (χ1v) is 11.5. The molecule has 0 heterocycles. The quantitative estimate of drug-likeness (QED) is 0.225. The van der Waals surface area contributed by atoms with E-state index in [0.717, 1.165) is 11.1 Å². The normalized spacial score (nSPS) is 10.8. The van der Waals surface area contributed by atoms with E-state index in [0.29, 0.717) is 27.2 Å². The number of carbonyl (C=O) groups excluding carboxylic acids is 2. The minimum absolute atomic E-state index is 0.112. The summed E-state index contributed by atoms with van der Waals surface area (Å²) in [4.78, 5) is 24.2. The molecule has 0 aliphatic heterocycles. The van der Waals surface area contributed by atoms with Crippen molar-refractivity contribution in [1.29, 1.82) is 0 Å². The zero-order valence-electron chi connectivity index (χ0n) is 19.1. The van der Waals surface area contributed by atoms with Crippen LogP contribution in [0.2, 0.25) is 5.02 Å². The second-order valence-electron chi connectivity index (χ2n) is 7.48. The lowest BCUT2D eigenvalue weighted by atomic mass is 10.1. The number of nitrogens with one attached hydrogen (secondary N) is 2. The molecule has 0 fully saturated rings. The van der Waals surface area contributed by atoms with Gasteiger partial charge in [-0.25, -0.2) is 9.82 Å². The number of anilines is 1. The molecule has 0 aliphatic rings. The molecule has 2 amide bonds. The number of carbonyl (C=O) groups is 2. The maximum atomic E-state index is 14.0. The van der Waals surface area contributed by atoms with Gasteiger partial charge in [-0.05, 0) is 82.9 Å². The lowest BCUT2D eigenvalue weighted by Crippen LogP contribution is -2.32. The summed E-state index contributed by atoms with van der Waals surface area (Å²) in [6.07, 6.45) is 1.34. The minimum atomic E-state index is -0.924. The van der Waals surface area contributed by atoms with Gasteiger partial charge in [-0.1, -0.05) is 23.7 Å². The number of halogens is 3. The maximum absolute atomic E-state index is 14.0. The monoisotopic (exact) mass is 561 g/mol. The highest BCUT2D eigenvalue weighted by Gasteiger charge is 2.15. The molecule has 0 atom stereocenters. The van der Waals surface area contributed by atoms with E-state index in [2.05, 4.69) is 31.8 Å². The van der Waals surface area contributed by atoms with E-state index in [9.17, 15) is 14.0 Å². The Labute approximate surface area is 215 Å². The molecule has 2 N–H and O–H groups in total. The van der Waals surface area contributed by atoms with E-state index in [1.807, 2.05) is 19.9 Å². The second kappa shape index (κ2) is 11.8. The van der Waals surface area contributed by atoms with E-state index >= 15 is 0 Å². The second-order valence-corrected chi connectivity index (χ2v) is 8.74. The number of nitrogens with zero attached hydrogens (tertiary/aromatic N) is 1. The Bertz CT molecular complexity index is 1280. The van der Waals surface area contributed by atoms with E-state index in [-0.39, 0.29) is 17.2 Å². The molecule has 3 rings (SSSR count). The SMILES string of the molecule is COc1cc(C=NNC(=O)C(=O)Nc2ccc(C)c(C)c2)cc(Br)c1OCc1c(F)cccc1Cl. The molecule has 0 spiro atoms. The zero-order chi connectivity index (χ0) is 25.5. The lowest BCUT2D eigenvalue weighted by molar-refractivity contribution is -0.136. The van der Waals surface area contributed by atoms with Crippen LogP contribution in [0.1, 0.15) is 22.3 Å². The van der Waals surface area contributed by atoms with Crippen LogP contribution < -0.4 is 20.2 Å². The molecule has 0 radical (unpaired) electrons. The third-order valence-electron chi connectivity index (χ3n) is 5.03. The van der Waals surface area contributed by atoms with Gasteiger partial charge in [0, 0.05) is 11.3 Å². The van der Waals surface area contributed by atoms with Crippen molar-refractivity contribution in [2.75, 3.05) is 12.4 Å². The molecule has 0 saturated carbocycles. The van der Waals surface area contributed by atoms with Crippen molar-refractivity contribution in [2.24, 2.45) is 5.10 Å². The Balaban J connectivity index is 1.65. The summed E-state index contributed by atoms with van der Waals surface area (Å²) in [5, 5.41) is 6.60. The Morgan fingerprint density at radius 1 is 1.11 bits per heavy atom. The number of methoxy groups -OCH3 is 1. The number of amides is 2. The van der Waals surface area contributed by atoms with Gasteiger partial charge in [-0.2, -0.15) is 5.10 Å². The first-order valence-electron chi connectivity index (χ1n) is 10.3. The maximum Gasteiger partial charge on any atom is 0.329 e. The predicted molar refractivity (Wildman–Crippen MR) is 137 cm³/mol. The summed E-state index contributed by atoms with van der Waals surface area (Å²) in [7, 11) is 1.45. The van der Waals surface area contributed by atoms with Crippen molar-refractivity contribution in [3.63, 3.8) is 0 Å². The number of hydrazone groups is 1. The molecule has 3 aromatic carbocycles. The standard InChI is InChI=1S/C25H22BrClFN3O4/c1-14-7-8-17(9-15(14)2)30-24(32)25(33)31-29-12-16-10-19(26)23(22(11-16)34-3)35-13-18-20(27)5-4-6-21(18)28/h4-12H,13H2,1-3H3,(H,30,32)(H,31,33). The van der Waals surface area contributed by atoms with Crippen molar-refractivity contribution >= 4 is 51.2 Å². The number of rotatable bonds is 7. The molecular weight excluding hydrogens is 541 g/mol. The largest absolute Gasteiger partial charge is 0.493 e. The van der Waals surface area contributed by atoms with Crippen LogP contribution in [0.25, 0.3) is 0 Å². The van der Waals surface area contributed by atoms with Crippen molar-refractivity contribution in [2.45, 2.75) is 20.5 Å². The van der Waals surface area contributed by atoms with Crippen LogP contribution in [0.4, 0.5) is 10.1 Å². The van der Waals surface area contributed by atoms with Crippen LogP contribution in [-0.2, 0) is 16.2 Å². The van der Waals surface area contributed by atoms with Crippen LogP contribution in [0.15, 0.2) is 58.1 Å². The van der Waals surface area contributed by atoms with Crippen molar-refractivity contribution < 1.29 is 23.5 Å². The average molecular weight is 563 g/mol. The van der Waals surface area contributed by atoms with Gasteiger partial charge in [-0.3, -0.25) is 9.59 Å². The van der Waals surface area contributed by atoms with Crippen molar-refractivity contribution in [3.05, 3.63) is 86.1 Å². The van der Waals surface area contributed by atoms with Crippen molar-refractivity contribution in [3.8, 4) is 11.5 Å². The van der Waals surface area contributed by atoms with Crippen molar-refractivity contribution in [1.82, 2.24) is 5.43 Å². The van der Waals surface area contributed by atoms with Gasteiger partial charge >= 0.3 is 11.8 Å². The third-order valence-corrected chi connectivity index (χ3v) is 5.97. The summed E-state index contributed by atoms with van der Waals surface area (Å²) >= 11 is 9.45. The van der Waals surface area contributed by atoms with E-state index in [4.69, 9.17) is 21.1 Å². The van der Waals surface area contributed by atoms with Gasteiger partial charge in [0.1, 0.15) is 12.4 Å². The molecule has 3 aromatic rings. The van der Waals surface area contributed by atoms with Gasteiger partial charge in [-0.15, -0.1) is 0 Å². The van der Waals surface area contributed by atoms with E-state index in [1.165, 1.54) is 25.5 Å². The van der Waals surface area contributed by atoms with Gasteiger partial charge in [0.25, 0.3) is 0 Å². The van der Waals surface area contributed by atoms with Crippen LogP contribution >= 0.6 is 27.5 Å². The molecule has 0 saturated heterocycles. The Morgan fingerprint density at radius 2 is 1.89 bits per heavy atom. The number of hydrogen-bond donors (Lipinski definition) is 2. The molecule has 0 bridgehead atoms. The average Bonchev–Trinajstić information content (AvgIpc) is 2.81. The first-order chi connectivity index (χ1) is 16.7.